The normalized spacial score (nSPS) is 58.6. The van der Waals surface area contributed by atoms with Gasteiger partial charge in [0.25, 0.3) is 0 Å². The minimum absolute atomic E-state index is 0.0637. The molecule has 1 heterocycles. The summed E-state index contributed by atoms with van der Waals surface area (Å²) in [5.74, 6) is 1.48. The predicted octanol–water partition coefficient (Wildman–Crippen LogP) is 1.35. The van der Waals surface area contributed by atoms with Gasteiger partial charge in [-0.25, -0.2) is 0 Å². The molecule has 0 aromatic heterocycles. The van der Waals surface area contributed by atoms with Crippen molar-refractivity contribution >= 4 is 5.97 Å². The number of ether oxygens (including phenoxy) is 1. The van der Waals surface area contributed by atoms with Crippen molar-refractivity contribution in [3.63, 3.8) is 0 Å². The minimum atomic E-state index is -0.0637. The Morgan fingerprint density at radius 2 is 2.36 bits per heavy atom. The van der Waals surface area contributed by atoms with E-state index in [1.165, 1.54) is 6.42 Å². The molecular weight excluding hydrogens is 140 g/mol. The van der Waals surface area contributed by atoms with Gasteiger partial charge in [0.1, 0.15) is 6.10 Å². The molecule has 0 spiro atoms. The van der Waals surface area contributed by atoms with Crippen molar-refractivity contribution in [1.82, 2.24) is 0 Å². The Balaban J connectivity index is 2.04. The monoisotopic (exact) mass is 152 g/mol. The largest absolute Gasteiger partial charge is 0.462 e. The Labute approximate surface area is 65.9 Å². The summed E-state index contributed by atoms with van der Waals surface area (Å²) in [6, 6.07) is 0. The average Bonchev–Trinajstić information content (AvgIpc) is 2.31. The molecule has 1 aliphatic heterocycles. The standard InChI is InChI=1S/C9H12O2/c1-9-4-5-2-3-6(7(5)9)11-8(9)10/h5-7H,2-4H2,1H3/t5-,6-,7+,9+/m0/s1. The van der Waals surface area contributed by atoms with E-state index in [1.807, 2.05) is 0 Å². The smallest absolute Gasteiger partial charge is 0.312 e. The van der Waals surface area contributed by atoms with Crippen LogP contribution < -0.4 is 0 Å². The number of rotatable bonds is 0. The van der Waals surface area contributed by atoms with Crippen molar-refractivity contribution in [2.45, 2.75) is 32.3 Å². The summed E-state index contributed by atoms with van der Waals surface area (Å²) < 4.78 is 5.30. The van der Waals surface area contributed by atoms with E-state index >= 15 is 0 Å². The molecule has 0 unspecified atom stereocenters. The summed E-state index contributed by atoms with van der Waals surface area (Å²) in [7, 11) is 0. The Morgan fingerprint density at radius 1 is 1.55 bits per heavy atom. The fourth-order valence-corrected chi connectivity index (χ4v) is 3.34. The second-order valence-electron chi connectivity index (χ2n) is 4.43. The summed E-state index contributed by atoms with van der Waals surface area (Å²) in [5, 5.41) is 0. The third-order valence-electron chi connectivity index (χ3n) is 3.88. The third kappa shape index (κ3) is 0.472. The number of carbonyl (C=O) groups excluding carboxylic acids is 1. The average molecular weight is 152 g/mol. The maximum Gasteiger partial charge on any atom is 0.312 e. The molecule has 2 heteroatoms. The van der Waals surface area contributed by atoms with Crippen LogP contribution in [-0.4, -0.2) is 12.1 Å². The lowest BCUT2D eigenvalue weighted by atomic mass is 9.57. The van der Waals surface area contributed by atoms with Crippen LogP contribution in [0.25, 0.3) is 0 Å². The highest BCUT2D eigenvalue weighted by Gasteiger charge is 2.67. The second kappa shape index (κ2) is 1.47. The molecule has 3 aliphatic rings. The number of hydrogen-bond donors (Lipinski definition) is 0. The molecule has 3 fully saturated rings. The minimum Gasteiger partial charge on any atom is -0.462 e. The van der Waals surface area contributed by atoms with Gasteiger partial charge in [-0.1, -0.05) is 0 Å². The molecule has 4 atom stereocenters. The van der Waals surface area contributed by atoms with Crippen molar-refractivity contribution in [3.05, 3.63) is 0 Å². The van der Waals surface area contributed by atoms with Crippen LogP contribution in [0.2, 0.25) is 0 Å². The molecule has 0 amide bonds. The quantitative estimate of drug-likeness (QED) is 0.490. The molecule has 0 bridgehead atoms. The lowest BCUT2D eigenvalue weighted by Gasteiger charge is -2.42. The molecule has 3 rings (SSSR count). The molecule has 0 N–H and O–H groups in total. The van der Waals surface area contributed by atoms with Crippen molar-refractivity contribution < 1.29 is 9.53 Å². The van der Waals surface area contributed by atoms with Gasteiger partial charge in [0, 0.05) is 5.92 Å². The fourth-order valence-electron chi connectivity index (χ4n) is 3.34. The van der Waals surface area contributed by atoms with E-state index in [0.717, 1.165) is 18.8 Å². The van der Waals surface area contributed by atoms with Crippen LogP contribution in [0.4, 0.5) is 0 Å². The van der Waals surface area contributed by atoms with E-state index in [4.69, 9.17) is 4.74 Å². The van der Waals surface area contributed by atoms with Gasteiger partial charge in [-0.3, -0.25) is 4.79 Å². The van der Waals surface area contributed by atoms with Crippen molar-refractivity contribution in [3.8, 4) is 0 Å². The van der Waals surface area contributed by atoms with Crippen molar-refractivity contribution in [2.24, 2.45) is 17.3 Å². The van der Waals surface area contributed by atoms with E-state index in [0.29, 0.717) is 12.0 Å². The molecule has 0 aromatic carbocycles. The summed E-state index contributed by atoms with van der Waals surface area (Å²) >= 11 is 0. The Hall–Kier alpha value is -0.530. The molecule has 2 aliphatic carbocycles. The summed E-state index contributed by atoms with van der Waals surface area (Å²) in [6.45, 7) is 2.07. The van der Waals surface area contributed by atoms with E-state index in [9.17, 15) is 4.79 Å². The van der Waals surface area contributed by atoms with Gasteiger partial charge in [0.05, 0.1) is 5.41 Å². The number of esters is 1. The van der Waals surface area contributed by atoms with Gasteiger partial charge in [0.2, 0.25) is 0 Å². The SMILES string of the molecule is C[C@]12C[C@@H]3CC[C@H](OC1=O)[C@@H]32. The van der Waals surface area contributed by atoms with Crippen LogP contribution in [0, 0.1) is 17.3 Å². The zero-order valence-electron chi connectivity index (χ0n) is 6.67. The van der Waals surface area contributed by atoms with Crippen LogP contribution in [0.5, 0.6) is 0 Å². The van der Waals surface area contributed by atoms with Crippen LogP contribution >= 0.6 is 0 Å². The molecule has 1 saturated heterocycles. The van der Waals surface area contributed by atoms with Gasteiger partial charge < -0.3 is 4.74 Å². The highest BCUT2D eigenvalue weighted by Crippen LogP contribution is 2.64. The summed E-state index contributed by atoms with van der Waals surface area (Å²) in [5.41, 5.74) is -0.0637. The topological polar surface area (TPSA) is 26.3 Å². The lowest BCUT2D eigenvalue weighted by Crippen LogP contribution is -2.45. The molecule has 2 saturated carbocycles. The first-order chi connectivity index (χ1) is 5.22. The third-order valence-corrected chi connectivity index (χ3v) is 3.88. The maximum absolute atomic E-state index is 11.3. The zero-order chi connectivity index (χ0) is 7.64. The molecule has 0 radical (unpaired) electrons. The highest BCUT2D eigenvalue weighted by molar-refractivity contribution is 5.81. The molecule has 60 valence electrons. The summed E-state index contributed by atoms with van der Waals surface area (Å²) in [6.07, 6.45) is 3.80. The van der Waals surface area contributed by atoms with E-state index in [-0.39, 0.29) is 11.4 Å². The van der Waals surface area contributed by atoms with E-state index in [2.05, 4.69) is 6.92 Å². The van der Waals surface area contributed by atoms with Crippen LogP contribution in [0.1, 0.15) is 26.2 Å². The van der Waals surface area contributed by atoms with Gasteiger partial charge in [-0.05, 0) is 32.1 Å². The van der Waals surface area contributed by atoms with Gasteiger partial charge in [-0.15, -0.1) is 0 Å². The first kappa shape index (κ1) is 6.04. The zero-order valence-corrected chi connectivity index (χ0v) is 6.67. The Bertz CT molecular complexity index is 236. The Morgan fingerprint density at radius 3 is 3.09 bits per heavy atom. The first-order valence-corrected chi connectivity index (χ1v) is 4.43. The molecular formula is C9H12O2. The number of hydrogen-bond acceptors (Lipinski definition) is 2. The predicted molar refractivity (Wildman–Crippen MR) is 38.8 cm³/mol. The fraction of sp³-hybridized carbons (Fsp3) is 0.889. The lowest BCUT2D eigenvalue weighted by molar-refractivity contribution is -0.152. The van der Waals surface area contributed by atoms with Crippen LogP contribution in [0.3, 0.4) is 0 Å². The highest BCUT2D eigenvalue weighted by atomic mass is 16.6. The summed E-state index contributed by atoms with van der Waals surface area (Å²) in [4.78, 5) is 11.3. The first-order valence-electron chi connectivity index (χ1n) is 4.43. The van der Waals surface area contributed by atoms with Gasteiger partial charge in [0.15, 0.2) is 0 Å². The maximum atomic E-state index is 11.3. The second-order valence-corrected chi connectivity index (χ2v) is 4.43. The molecule has 2 nitrogen and oxygen atoms in total. The van der Waals surface area contributed by atoms with Crippen LogP contribution in [0.15, 0.2) is 0 Å². The van der Waals surface area contributed by atoms with Crippen molar-refractivity contribution in [1.29, 1.82) is 0 Å². The molecule has 0 aromatic rings. The van der Waals surface area contributed by atoms with Crippen molar-refractivity contribution in [2.75, 3.05) is 0 Å². The van der Waals surface area contributed by atoms with E-state index in [1.54, 1.807) is 0 Å². The van der Waals surface area contributed by atoms with Gasteiger partial charge in [-0.2, -0.15) is 0 Å². The van der Waals surface area contributed by atoms with Gasteiger partial charge >= 0.3 is 5.97 Å². The van der Waals surface area contributed by atoms with Crippen LogP contribution in [-0.2, 0) is 9.53 Å². The number of carbonyl (C=O) groups is 1. The Kier molecular flexibility index (Phi) is 0.809. The molecule has 11 heavy (non-hydrogen) atoms. The van der Waals surface area contributed by atoms with E-state index < -0.39 is 0 Å².